The molecule has 1 unspecified atom stereocenters. The predicted molar refractivity (Wildman–Crippen MR) is 77.1 cm³/mol. The Kier molecular flexibility index (Phi) is 5.66. The molecule has 1 aliphatic heterocycles. The average Bonchev–Trinajstić information content (AvgIpc) is 3.01. The van der Waals surface area contributed by atoms with Crippen molar-refractivity contribution in [2.45, 2.75) is 31.9 Å². The van der Waals surface area contributed by atoms with Crippen molar-refractivity contribution in [3.8, 4) is 0 Å². The third kappa shape index (κ3) is 4.07. The highest BCUT2D eigenvalue weighted by Crippen LogP contribution is 2.18. The van der Waals surface area contributed by atoms with Crippen molar-refractivity contribution in [1.29, 1.82) is 0 Å². The minimum absolute atomic E-state index is 0.204. The van der Waals surface area contributed by atoms with E-state index >= 15 is 0 Å². The van der Waals surface area contributed by atoms with Crippen LogP contribution >= 0.6 is 27.3 Å². The van der Waals surface area contributed by atoms with Crippen molar-refractivity contribution >= 4 is 33.2 Å². The molecule has 1 aromatic rings. The average molecular weight is 332 g/mol. The second kappa shape index (κ2) is 7.26. The van der Waals surface area contributed by atoms with E-state index in [4.69, 9.17) is 4.74 Å². The lowest BCUT2D eigenvalue weighted by molar-refractivity contribution is -0.132. The first-order chi connectivity index (χ1) is 8.79. The van der Waals surface area contributed by atoms with Crippen molar-refractivity contribution in [1.82, 2.24) is 4.90 Å². The van der Waals surface area contributed by atoms with Gasteiger partial charge in [-0.25, -0.2) is 0 Å². The van der Waals surface area contributed by atoms with Crippen LogP contribution < -0.4 is 0 Å². The molecule has 1 atom stereocenters. The van der Waals surface area contributed by atoms with Crippen LogP contribution in [-0.4, -0.2) is 35.4 Å². The van der Waals surface area contributed by atoms with Crippen LogP contribution in [0.25, 0.3) is 0 Å². The van der Waals surface area contributed by atoms with E-state index in [9.17, 15) is 4.79 Å². The molecule has 100 valence electrons. The lowest BCUT2D eigenvalue weighted by atomic mass is 10.2. The highest BCUT2D eigenvalue weighted by atomic mass is 79.9. The number of ether oxygens (including phenoxy) is 1. The van der Waals surface area contributed by atoms with Gasteiger partial charge in [-0.05, 0) is 24.3 Å². The number of carbonyl (C=O) groups excluding carboxylic acids is 1. The Hall–Kier alpha value is -0.390. The molecule has 3 nitrogen and oxygen atoms in total. The molecule has 0 bridgehead atoms. The molecule has 18 heavy (non-hydrogen) atoms. The van der Waals surface area contributed by atoms with Gasteiger partial charge in [-0.15, -0.1) is 11.3 Å². The van der Waals surface area contributed by atoms with Crippen molar-refractivity contribution in [3.63, 3.8) is 0 Å². The molecule has 1 amide bonds. The van der Waals surface area contributed by atoms with E-state index < -0.39 is 0 Å². The minimum Gasteiger partial charge on any atom is -0.376 e. The van der Waals surface area contributed by atoms with Gasteiger partial charge in [-0.2, -0.15) is 0 Å². The second-order valence-electron chi connectivity index (χ2n) is 4.43. The van der Waals surface area contributed by atoms with E-state index in [1.165, 1.54) is 4.88 Å². The zero-order chi connectivity index (χ0) is 12.8. The maximum Gasteiger partial charge on any atom is 0.223 e. The van der Waals surface area contributed by atoms with Crippen LogP contribution in [0, 0.1) is 0 Å². The molecule has 0 aromatic carbocycles. The molecule has 1 aromatic heterocycles. The van der Waals surface area contributed by atoms with Gasteiger partial charge in [-0.3, -0.25) is 4.79 Å². The Balaban J connectivity index is 1.94. The van der Waals surface area contributed by atoms with E-state index in [1.807, 2.05) is 11.0 Å². The van der Waals surface area contributed by atoms with E-state index in [0.717, 1.165) is 31.3 Å². The first kappa shape index (κ1) is 14.0. The van der Waals surface area contributed by atoms with Gasteiger partial charge in [0.1, 0.15) is 0 Å². The van der Waals surface area contributed by atoms with Crippen LogP contribution in [0.3, 0.4) is 0 Å². The van der Waals surface area contributed by atoms with E-state index in [-0.39, 0.29) is 12.0 Å². The molecule has 1 saturated heterocycles. The van der Waals surface area contributed by atoms with Gasteiger partial charge in [0.2, 0.25) is 5.91 Å². The minimum atomic E-state index is 0.204. The summed E-state index contributed by atoms with van der Waals surface area (Å²) in [6.07, 6.45) is 2.97. The first-order valence-electron chi connectivity index (χ1n) is 6.27. The lowest BCUT2D eigenvalue weighted by Crippen LogP contribution is -2.36. The lowest BCUT2D eigenvalue weighted by Gasteiger charge is -2.24. The van der Waals surface area contributed by atoms with Gasteiger partial charge in [0.25, 0.3) is 0 Å². The molecular formula is C13H18BrNO2S. The summed E-state index contributed by atoms with van der Waals surface area (Å²) < 4.78 is 5.63. The smallest absolute Gasteiger partial charge is 0.223 e. The molecule has 2 heterocycles. The Bertz CT molecular complexity index is 363. The number of alkyl halides is 1. The molecule has 2 rings (SSSR count). The third-order valence-electron chi connectivity index (χ3n) is 3.04. The van der Waals surface area contributed by atoms with Crippen molar-refractivity contribution < 1.29 is 9.53 Å². The maximum absolute atomic E-state index is 12.1. The summed E-state index contributed by atoms with van der Waals surface area (Å²) in [4.78, 5) is 15.3. The number of halogens is 1. The fraction of sp³-hybridized carbons (Fsp3) is 0.615. The Morgan fingerprint density at radius 1 is 1.61 bits per heavy atom. The molecule has 5 heteroatoms. The Labute approximate surface area is 120 Å². The summed E-state index contributed by atoms with van der Waals surface area (Å²) in [5.41, 5.74) is 0. The van der Waals surface area contributed by atoms with Crippen LogP contribution in [0.1, 0.15) is 24.1 Å². The number of nitrogens with zero attached hydrogens (tertiary/aromatic N) is 1. The summed E-state index contributed by atoms with van der Waals surface area (Å²) in [5.74, 6) is 0.204. The van der Waals surface area contributed by atoms with Gasteiger partial charge in [0.15, 0.2) is 0 Å². The van der Waals surface area contributed by atoms with Crippen LogP contribution in [0.4, 0.5) is 0 Å². The Morgan fingerprint density at radius 2 is 2.50 bits per heavy atom. The van der Waals surface area contributed by atoms with Crippen molar-refractivity contribution in [2.24, 2.45) is 0 Å². The summed E-state index contributed by atoms with van der Waals surface area (Å²) in [5, 5.41) is 2.77. The molecule has 1 aliphatic rings. The predicted octanol–water partition coefficient (Wildman–Crippen LogP) is 3.04. The van der Waals surface area contributed by atoms with Crippen LogP contribution in [0.2, 0.25) is 0 Å². The number of rotatable bonds is 6. The number of hydrogen-bond donors (Lipinski definition) is 0. The third-order valence-corrected chi connectivity index (χ3v) is 4.29. The number of carbonyl (C=O) groups is 1. The topological polar surface area (TPSA) is 29.5 Å². The van der Waals surface area contributed by atoms with E-state index in [1.54, 1.807) is 11.3 Å². The zero-order valence-electron chi connectivity index (χ0n) is 10.3. The molecular weight excluding hydrogens is 314 g/mol. The molecule has 1 fully saturated rings. The summed E-state index contributed by atoms with van der Waals surface area (Å²) in [6.45, 7) is 2.28. The molecule has 0 radical (unpaired) electrons. The summed E-state index contributed by atoms with van der Waals surface area (Å²) in [7, 11) is 0. The molecule has 0 aliphatic carbocycles. The van der Waals surface area contributed by atoms with Crippen molar-refractivity contribution in [2.75, 3.05) is 18.5 Å². The molecule has 0 spiro atoms. The highest BCUT2D eigenvalue weighted by molar-refractivity contribution is 9.09. The largest absolute Gasteiger partial charge is 0.376 e. The number of hydrogen-bond acceptors (Lipinski definition) is 3. The van der Waals surface area contributed by atoms with Crippen LogP contribution in [0.5, 0.6) is 0 Å². The van der Waals surface area contributed by atoms with Gasteiger partial charge in [0, 0.05) is 29.8 Å². The monoisotopic (exact) mass is 331 g/mol. The van der Waals surface area contributed by atoms with E-state index in [2.05, 4.69) is 27.4 Å². The SMILES string of the molecule is O=C(CCBr)N(Cc1cccs1)CC1CCCO1. The number of thiophene rings is 1. The highest BCUT2D eigenvalue weighted by Gasteiger charge is 2.22. The fourth-order valence-corrected chi connectivity index (χ4v) is 3.18. The quantitative estimate of drug-likeness (QED) is 0.750. The molecule has 0 N–H and O–H groups in total. The van der Waals surface area contributed by atoms with Gasteiger partial charge in [-0.1, -0.05) is 22.0 Å². The summed E-state index contributed by atoms with van der Waals surface area (Å²) in [6, 6.07) is 4.10. The number of amides is 1. The second-order valence-corrected chi connectivity index (χ2v) is 6.25. The van der Waals surface area contributed by atoms with Crippen LogP contribution in [-0.2, 0) is 16.1 Å². The van der Waals surface area contributed by atoms with Gasteiger partial charge in [0.05, 0.1) is 12.6 Å². The fourth-order valence-electron chi connectivity index (χ4n) is 2.12. The Morgan fingerprint density at radius 3 is 3.11 bits per heavy atom. The molecule has 0 saturated carbocycles. The maximum atomic E-state index is 12.1. The zero-order valence-corrected chi connectivity index (χ0v) is 12.7. The standard InChI is InChI=1S/C13H18BrNO2S/c14-6-5-13(16)15(9-11-3-1-7-17-11)10-12-4-2-8-18-12/h2,4,8,11H,1,3,5-7,9-10H2. The van der Waals surface area contributed by atoms with Crippen molar-refractivity contribution in [3.05, 3.63) is 22.4 Å². The summed E-state index contributed by atoms with van der Waals surface area (Å²) >= 11 is 5.03. The van der Waals surface area contributed by atoms with Gasteiger partial charge >= 0.3 is 0 Å². The first-order valence-corrected chi connectivity index (χ1v) is 8.27. The van der Waals surface area contributed by atoms with Gasteiger partial charge < -0.3 is 9.64 Å². The van der Waals surface area contributed by atoms with E-state index in [0.29, 0.717) is 13.0 Å². The normalized spacial score (nSPS) is 19.1. The van der Waals surface area contributed by atoms with Crippen LogP contribution in [0.15, 0.2) is 17.5 Å².